The smallest absolute Gasteiger partial charge is 0.222 e. The normalized spacial score (nSPS) is 10.6. The molecule has 0 aliphatic rings. The van der Waals surface area contributed by atoms with Gasteiger partial charge in [-0.3, -0.25) is 0 Å². The van der Waals surface area contributed by atoms with Crippen LogP contribution in [-0.4, -0.2) is 29.2 Å². The van der Waals surface area contributed by atoms with Gasteiger partial charge < -0.3 is 20.9 Å². The van der Waals surface area contributed by atoms with Gasteiger partial charge in [0.25, 0.3) is 0 Å². The molecule has 0 amide bonds. The first-order valence-corrected chi connectivity index (χ1v) is 6.55. The second-order valence-electron chi connectivity index (χ2n) is 4.57. The van der Waals surface area contributed by atoms with Crippen molar-refractivity contribution >= 4 is 22.8 Å². The van der Waals surface area contributed by atoms with Gasteiger partial charge in [-0.15, -0.1) is 0 Å². The molecule has 0 saturated carbocycles. The third-order valence-electron chi connectivity index (χ3n) is 3.27. The van der Waals surface area contributed by atoms with E-state index in [1.54, 1.807) is 20.3 Å². The number of rotatable bonds is 3. The van der Waals surface area contributed by atoms with Crippen LogP contribution in [0.2, 0.25) is 0 Å². The van der Waals surface area contributed by atoms with Gasteiger partial charge >= 0.3 is 0 Å². The van der Waals surface area contributed by atoms with E-state index in [-0.39, 0.29) is 11.8 Å². The zero-order valence-electron chi connectivity index (χ0n) is 12.2. The van der Waals surface area contributed by atoms with Gasteiger partial charge in [-0.2, -0.15) is 4.98 Å². The maximum atomic E-state index is 5.88. The van der Waals surface area contributed by atoms with E-state index in [0.29, 0.717) is 28.2 Å². The summed E-state index contributed by atoms with van der Waals surface area (Å²) in [6, 6.07) is 9.20. The highest BCUT2D eigenvalue weighted by Crippen LogP contribution is 2.37. The van der Waals surface area contributed by atoms with Crippen LogP contribution in [0.5, 0.6) is 11.5 Å². The van der Waals surface area contributed by atoms with Gasteiger partial charge in [0, 0.05) is 5.56 Å². The molecule has 0 unspecified atom stereocenters. The number of methoxy groups -OCH3 is 2. The third-order valence-corrected chi connectivity index (χ3v) is 3.27. The van der Waals surface area contributed by atoms with Crippen molar-refractivity contribution in [1.82, 2.24) is 15.0 Å². The number of benzene rings is 1. The zero-order valence-corrected chi connectivity index (χ0v) is 12.2. The topological polar surface area (TPSA) is 109 Å². The Bertz CT molecular complexity index is 851. The lowest BCUT2D eigenvalue weighted by atomic mass is 10.1. The van der Waals surface area contributed by atoms with Crippen molar-refractivity contribution < 1.29 is 9.47 Å². The molecule has 0 aliphatic heterocycles. The van der Waals surface area contributed by atoms with Crippen molar-refractivity contribution in [2.45, 2.75) is 0 Å². The van der Waals surface area contributed by atoms with Crippen molar-refractivity contribution in [3.8, 4) is 22.8 Å². The predicted octanol–water partition coefficient (Wildman–Crippen LogP) is 1.87. The standard InChI is InChI=1S/C15H15N5O2/c1-21-11-5-3-4-8(13(11)22-2)9-6-7-10-12(18-9)14(16)20-15(17)19-10/h3-7H,1-2H3,(H4,16,17,19,20). The molecule has 2 heterocycles. The number of para-hydroxylation sites is 1. The van der Waals surface area contributed by atoms with E-state index in [0.717, 1.165) is 5.56 Å². The lowest BCUT2D eigenvalue weighted by molar-refractivity contribution is 0.356. The minimum atomic E-state index is 0.124. The molecule has 3 aromatic rings. The maximum Gasteiger partial charge on any atom is 0.222 e. The Morgan fingerprint density at radius 1 is 0.909 bits per heavy atom. The fraction of sp³-hybridized carbons (Fsp3) is 0.133. The van der Waals surface area contributed by atoms with Crippen molar-refractivity contribution in [2.24, 2.45) is 0 Å². The van der Waals surface area contributed by atoms with Gasteiger partial charge in [-0.25, -0.2) is 9.97 Å². The quantitative estimate of drug-likeness (QED) is 0.759. The minimum absolute atomic E-state index is 0.124. The number of nitrogens with two attached hydrogens (primary N) is 2. The predicted molar refractivity (Wildman–Crippen MR) is 84.7 cm³/mol. The minimum Gasteiger partial charge on any atom is -0.493 e. The Balaban J connectivity index is 2.23. The number of anilines is 2. The summed E-state index contributed by atoms with van der Waals surface area (Å²) in [5, 5.41) is 0. The molecule has 112 valence electrons. The molecule has 2 aromatic heterocycles. The summed E-state index contributed by atoms with van der Waals surface area (Å²) in [5.74, 6) is 1.60. The molecule has 0 fully saturated rings. The molecule has 3 rings (SSSR count). The molecular weight excluding hydrogens is 282 g/mol. The Morgan fingerprint density at radius 3 is 2.45 bits per heavy atom. The van der Waals surface area contributed by atoms with Crippen LogP contribution < -0.4 is 20.9 Å². The van der Waals surface area contributed by atoms with E-state index in [1.165, 1.54) is 0 Å². The Labute approximate surface area is 126 Å². The van der Waals surface area contributed by atoms with Crippen LogP contribution in [0.3, 0.4) is 0 Å². The number of aromatic nitrogens is 3. The Morgan fingerprint density at radius 2 is 1.73 bits per heavy atom. The second-order valence-corrected chi connectivity index (χ2v) is 4.57. The molecule has 7 nitrogen and oxygen atoms in total. The van der Waals surface area contributed by atoms with E-state index in [9.17, 15) is 0 Å². The van der Waals surface area contributed by atoms with Crippen molar-refractivity contribution in [1.29, 1.82) is 0 Å². The number of nitrogens with zero attached hydrogens (tertiary/aromatic N) is 3. The number of hydrogen-bond acceptors (Lipinski definition) is 7. The summed E-state index contributed by atoms with van der Waals surface area (Å²) in [6.07, 6.45) is 0. The monoisotopic (exact) mass is 297 g/mol. The van der Waals surface area contributed by atoms with Crippen molar-refractivity contribution in [3.63, 3.8) is 0 Å². The van der Waals surface area contributed by atoms with Gasteiger partial charge in [0.1, 0.15) is 5.52 Å². The molecule has 22 heavy (non-hydrogen) atoms. The molecule has 0 saturated heterocycles. The summed E-state index contributed by atoms with van der Waals surface area (Å²) < 4.78 is 10.7. The van der Waals surface area contributed by atoms with E-state index >= 15 is 0 Å². The van der Waals surface area contributed by atoms with Gasteiger partial charge in [-0.05, 0) is 24.3 Å². The fourth-order valence-corrected chi connectivity index (χ4v) is 2.29. The summed E-state index contributed by atoms with van der Waals surface area (Å²) in [4.78, 5) is 12.6. The SMILES string of the molecule is COc1cccc(-c2ccc3nc(N)nc(N)c3n2)c1OC. The molecule has 7 heteroatoms. The first kappa shape index (κ1) is 13.9. The summed E-state index contributed by atoms with van der Waals surface area (Å²) in [5.41, 5.74) is 14.0. The molecule has 0 aliphatic carbocycles. The highest BCUT2D eigenvalue weighted by molar-refractivity contribution is 5.87. The first-order chi connectivity index (χ1) is 10.6. The van der Waals surface area contributed by atoms with E-state index in [1.807, 2.05) is 24.3 Å². The number of hydrogen-bond donors (Lipinski definition) is 2. The van der Waals surface area contributed by atoms with E-state index < -0.39 is 0 Å². The summed E-state index contributed by atoms with van der Waals surface area (Å²) in [7, 11) is 3.17. The van der Waals surface area contributed by atoms with Crippen LogP contribution in [0.15, 0.2) is 30.3 Å². The summed E-state index contributed by atoms with van der Waals surface area (Å²) in [6.45, 7) is 0. The highest BCUT2D eigenvalue weighted by atomic mass is 16.5. The molecule has 0 radical (unpaired) electrons. The molecule has 0 atom stereocenters. The lowest BCUT2D eigenvalue weighted by Crippen LogP contribution is -2.02. The average molecular weight is 297 g/mol. The Hall–Kier alpha value is -3.09. The van der Waals surface area contributed by atoms with Crippen LogP contribution in [0.4, 0.5) is 11.8 Å². The zero-order chi connectivity index (χ0) is 15.7. The first-order valence-electron chi connectivity index (χ1n) is 6.55. The van der Waals surface area contributed by atoms with Gasteiger partial charge in [0.2, 0.25) is 5.95 Å². The average Bonchev–Trinajstić information content (AvgIpc) is 2.53. The van der Waals surface area contributed by atoms with Crippen molar-refractivity contribution in [3.05, 3.63) is 30.3 Å². The fourth-order valence-electron chi connectivity index (χ4n) is 2.29. The molecule has 1 aromatic carbocycles. The van der Waals surface area contributed by atoms with E-state index in [2.05, 4.69) is 15.0 Å². The highest BCUT2D eigenvalue weighted by Gasteiger charge is 2.14. The van der Waals surface area contributed by atoms with E-state index in [4.69, 9.17) is 20.9 Å². The molecule has 4 N–H and O–H groups in total. The van der Waals surface area contributed by atoms with Crippen LogP contribution in [0.1, 0.15) is 0 Å². The number of nitrogen functional groups attached to an aromatic ring is 2. The van der Waals surface area contributed by atoms with Crippen LogP contribution in [-0.2, 0) is 0 Å². The van der Waals surface area contributed by atoms with Crippen LogP contribution >= 0.6 is 0 Å². The molecular formula is C15H15N5O2. The summed E-state index contributed by atoms with van der Waals surface area (Å²) >= 11 is 0. The number of pyridine rings is 1. The maximum absolute atomic E-state index is 5.88. The van der Waals surface area contributed by atoms with Gasteiger partial charge in [-0.1, -0.05) is 6.07 Å². The number of fused-ring (bicyclic) bond motifs is 1. The third kappa shape index (κ3) is 2.22. The second kappa shape index (κ2) is 5.36. The van der Waals surface area contributed by atoms with Crippen molar-refractivity contribution in [2.75, 3.05) is 25.7 Å². The molecule has 0 spiro atoms. The largest absolute Gasteiger partial charge is 0.493 e. The molecule has 0 bridgehead atoms. The van der Waals surface area contributed by atoms with Gasteiger partial charge in [0.05, 0.1) is 25.4 Å². The Kier molecular flexibility index (Phi) is 3.38. The number of ether oxygens (including phenoxy) is 2. The lowest BCUT2D eigenvalue weighted by Gasteiger charge is -2.12. The van der Waals surface area contributed by atoms with Crippen LogP contribution in [0.25, 0.3) is 22.3 Å². The van der Waals surface area contributed by atoms with Crippen LogP contribution in [0, 0.1) is 0 Å². The van der Waals surface area contributed by atoms with Gasteiger partial charge in [0.15, 0.2) is 17.3 Å².